The molecule has 0 radical (unpaired) electrons. The topological polar surface area (TPSA) is 24.1 Å². The van der Waals surface area contributed by atoms with Crippen molar-refractivity contribution >= 4 is 0 Å². The van der Waals surface area contributed by atoms with E-state index in [1.54, 1.807) is 14.1 Å². The Bertz CT molecular complexity index is 40.2. The van der Waals surface area contributed by atoms with Gasteiger partial charge in [0.25, 0.3) is 0 Å². The van der Waals surface area contributed by atoms with E-state index >= 15 is 0 Å². The Morgan fingerprint density at radius 1 is 1.60 bits per heavy atom. The second kappa shape index (κ2) is 3.92. The second-order valence-electron chi connectivity index (χ2n) is 0.774. The van der Waals surface area contributed by atoms with Crippen LogP contribution in [0.15, 0.2) is 0 Å². The molecule has 0 rings (SSSR count). The first-order chi connectivity index (χ1) is 3.13. The highest BCUT2D eigenvalue weighted by molar-refractivity contribution is 4.22. The highest BCUT2D eigenvalue weighted by Gasteiger charge is 1.60. The van der Waals surface area contributed by atoms with Gasteiger partial charge in [0.15, 0.2) is 0 Å². The summed E-state index contributed by atoms with van der Waals surface area (Å²) in [5.41, 5.74) is 0. The molecule has 0 saturated heterocycles. The van der Waals surface area contributed by atoms with Crippen molar-refractivity contribution in [2.75, 3.05) is 20.8 Å². The van der Waals surface area contributed by atoms with Gasteiger partial charge in [-0.05, 0) is 14.1 Å². The van der Waals surface area contributed by atoms with E-state index in [9.17, 15) is 0 Å². The van der Waals surface area contributed by atoms with Gasteiger partial charge in [-0.2, -0.15) is 0 Å². The number of rotatable bonds is 2. The summed E-state index contributed by atoms with van der Waals surface area (Å²) in [4.78, 5) is 0. The Kier molecular flexibility index (Phi) is 1.69. The van der Waals surface area contributed by atoms with E-state index in [1.807, 2.05) is 0 Å². The first kappa shape index (κ1) is 2.16. The Hall–Kier alpha value is -0.0800. The normalized spacial score (nSPS) is 16.0. The van der Waals surface area contributed by atoms with Crippen LogP contribution < -0.4 is 10.6 Å². The Labute approximate surface area is 35.5 Å². The minimum Gasteiger partial charge on any atom is -0.308 e. The molecule has 2 N–H and O–H groups in total. The summed E-state index contributed by atoms with van der Waals surface area (Å²) in [6.45, 7) is 0.361. The molecule has 0 saturated carbocycles. The maximum Gasteiger partial charge on any atom is 0.123 e. The summed E-state index contributed by atoms with van der Waals surface area (Å²) in [7, 11) is 3.20. The lowest BCUT2D eigenvalue weighted by atomic mass is 11.0. The van der Waals surface area contributed by atoms with E-state index in [0.717, 1.165) is 0 Å². The van der Waals surface area contributed by atoms with Gasteiger partial charge in [-0.15, -0.1) is 0 Å². The maximum atomic E-state index is 6.78. The van der Waals surface area contributed by atoms with Crippen molar-refractivity contribution in [3.63, 3.8) is 0 Å². The van der Waals surface area contributed by atoms with Gasteiger partial charge in [-0.3, -0.25) is 0 Å². The SMILES string of the molecule is [3H]N(C)CN([3H])C. The van der Waals surface area contributed by atoms with E-state index in [0.29, 0.717) is 6.67 Å². The molecule has 0 amide bonds. The molecular weight excluding hydrogens is 64.0 g/mol. The average Bonchev–Trinajstić information content (AvgIpc) is 1.27. The molecular formula is C3H10N2. The van der Waals surface area contributed by atoms with Gasteiger partial charge in [0.05, 0.1) is 0 Å². The second-order valence-corrected chi connectivity index (χ2v) is 0.774. The van der Waals surface area contributed by atoms with Crippen LogP contribution in [0.4, 0.5) is 0 Å². The fourth-order valence-corrected chi connectivity index (χ4v) is 0.141. The molecule has 0 atom stereocenters. The predicted molar refractivity (Wildman–Crippen MR) is 23.0 cm³/mol. The van der Waals surface area contributed by atoms with Crippen LogP contribution in [0.1, 0.15) is 0 Å². The standard InChI is InChI=1S/C3H10N2/c1-4-3-5-2/h4-5H,3H2,1-2H3/i/hT2. The number of nitrogens with one attached hydrogen (secondary N) is 2. The zero-order valence-electron chi connectivity index (χ0n) is 5.60. The first-order valence-corrected chi connectivity index (χ1v) is 1.53. The first-order valence-electron chi connectivity index (χ1n) is 2.42. The lowest BCUT2D eigenvalue weighted by Crippen LogP contribution is -2.21. The number of hydrogen-bond donors (Lipinski definition) is 2. The van der Waals surface area contributed by atoms with Crippen molar-refractivity contribution in [1.82, 2.24) is 10.6 Å². The van der Waals surface area contributed by atoms with Crippen LogP contribution in [0.5, 0.6) is 0 Å². The molecule has 0 unspecified atom stereocenters. The molecule has 2 heteroatoms. The van der Waals surface area contributed by atoms with E-state index < -0.39 is 0 Å². The quantitative estimate of drug-likeness (QED) is 0.430. The molecule has 0 aliphatic rings. The van der Waals surface area contributed by atoms with Crippen molar-refractivity contribution < 1.29 is 2.82 Å². The van der Waals surface area contributed by atoms with Crippen molar-refractivity contribution in [3.8, 4) is 0 Å². The molecule has 0 spiro atoms. The molecule has 2 nitrogen and oxygen atoms in total. The van der Waals surface area contributed by atoms with Crippen molar-refractivity contribution in [1.29, 1.82) is 0 Å². The van der Waals surface area contributed by atoms with Gasteiger partial charge in [-0.1, -0.05) is 0 Å². The van der Waals surface area contributed by atoms with Crippen LogP contribution >= 0.6 is 0 Å². The van der Waals surface area contributed by atoms with Crippen molar-refractivity contribution in [2.45, 2.75) is 0 Å². The highest BCUT2D eigenvalue weighted by Crippen LogP contribution is 1.30. The molecule has 0 aromatic carbocycles. The third-order valence-corrected chi connectivity index (χ3v) is 0.283. The average molecular weight is 78.1 g/mol. The van der Waals surface area contributed by atoms with Gasteiger partial charge in [-0.25, -0.2) is 0 Å². The summed E-state index contributed by atoms with van der Waals surface area (Å²) in [5.74, 6) is 0. The summed E-state index contributed by atoms with van der Waals surface area (Å²) in [6.07, 6.45) is 0. The summed E-state index contributed by atoms with van der Waals surface area (Å²) >= 11 is 0. The summed E-state index contributed by atoms with van der Waals surface area (Å²) in [5, 5.41) is 2.38. The van der Waals surface area contributed by atoms with Gasteiger partial charge in [0, 0.05) is 6.67 Å². The molecule has 0 aromatic rings. The fraction of sp³-hybridized carbons (Fsp3) is 1.00. The van der Waals surface area contributed by atoms with Crippen molar-refractivity contribution in [2.24, 2.45) is 0 Å². The monoisotopic (exact) mass is 78.1 g/mol. The molecule has 0 heterocycles. The van der Waals surface area contributed by atoms with E-state index in [-0.39, 0.29) is 0 Å². The van der Waals surface area contributed by atoms with Crippen LogP contribution in [0, 0.1) is 0 Å². The smallest absolute Gasteiger partial charge is 0.123 e. The minimum absolute atomic E-state index is 0.361. The van der Waals surface area contributed by atoms with Crippen LogP contribution in [0.3, 0.4) is 0 Å². The molecule has 0 aliphatic heterocycles. The van der Waals surface area contributed by atoms with E-state index in [2.05, 4.69) is 0 Å². The zero-order valence-corrected chi connectivity index (χ0v) is 3.60. The van der Waals surface area contributed by atoms with Gasteiger partial charge in [0.1, 0.15) is 2.82 Å². The molecule has 0 fully saturated rings. The lowest BCUT2D eigenvalue weighted by Gasteiger charge is -1.88. The molecule has 0 aliphatic carbocycles. The molecule has 32 valence electrons. The van der Waals surface area contributed by atoms with Crippen LogP contribution in [-0.4, -0.2) is 20.8 Å². The minimum atomic E-state index is 0.361. The largest absolute Gasteiger partial charge is 0.308 e. The number of hydrogen-bond acceptors (Lipinski definition) is 2. The van der Waals surface area contributed by atoms with E-state index in [4.69, 9.17) is 2.82 Å². The molecule has 5 heavy (non-hydrogen) atoms. The molecule has 0 aromatic heterocycles. The maximum absolute atomic E-state index is 6.78. The van der Waals surface area contributed by atoms with Gasteiger partial charge in [0.2, 0.25) is 0 Å². The van der Waals surface area contributed by atoms with E-state index in [1.165, 1.54) is 10.6 Å². The summed E-state index contributed by atoms with van der Waals surface area (Å²) in [6, 6.07) is 0. The highest BCUT2D eigenvalue weighted by atomic mass is 15.0. The third kappa shape index (κ3) is 3.92. The third-order valence-electron chi connectivity index (χ3n) is 0.283. The van der Waals surface area contributed by atoms with Crippen molar-refractivity contribution in [3.05, 3.63) is 0 Å². The van der Waals surface area contributed by atoms with Gasteiger partial charge >= 0.3 is 0 Å². The van der Waals surface area contributed by atoms with Crippen LogP contribution in [0.2, 0.25) is 2.82 Å². The van der Waals surface area contributed by atoms with Crippen LogP contribution in [-0.2, 0) is 0 Å². The zero-order chi connectivity index (χ0) is 5.86. The fourth-order valence-electron chi connectivity index (χ4n) is 0.141. The molecule has 0 bridgehead atoms. The Balaban J connectivity index is 2.95. The predicted octanol–water partition coefficient (Wildman–Crippen LogP) is -0.617. The summed E-state index contributed by atoms with van der Waals surface area (Å²) < 4.78 is 13.6. The Morgan fingerprint density at radius 2 is 2.00 bits per heavy atom. The lowest BCUT2D eigenvalue weighted by molar-refractivity contribution is 0.708. The Morgan fingerprint density at radius 3 is 2.00 bits per heavy atom. The van der Waals surface area contributed by atoms with Crippen LogP contribution in [0.25, 0.3) is 0 Å². The van der Waals surface area contributed by atoms with Gasteiger partial charge < -0.3 is 10.6 Å².